The molecule has 0 N–H and O–H groups in total. The summed E-state index contributed by atoms with van der Waals surface area (Å²) in [5, 5.41) is 10.6. The first-order valence-corrected chi connectivity index (χ1v) is 5.15. The Balaban J connectivity index is 3.01. The molecule has 12 heavy (non-hydrogen) atoms. The van der Waals surface area contributed by atoms with Gasteiger partial charge in [-0.25, -0.2) is 0 Å². The first kappa shape index (κ1) is 9.10. The quantitative estimate of drug-likeness (QED) is 0.422. The van der Waals surface area contributed by atoms with Crippen molar-refractivity contribution < 1.29 is 9.49 Å². The van der Waals surface area contributed by atoms with E-state index in [0.29, 0.717) is 5.30 Å². The molecule has 1 rings (SSSR count). The number of halogens is 1. The Labute approximate surface area is 73.9 Å². The van der Waals surface area contributed by atoms with E-state index in [2.05, 4.69) is 0 Å². The van der Waals surface area contributed by atoms with Crippen molar-refractivity contribution in [2.45, 2.75) is 0 Å². The lowest BCUT2D eigenvalue weighted by Crippen LogP contribution is -1.94. The van der Waals surface area contributed by atoms with Gasteiger partial charge in [0.25, 0.3) is 5.69 Å². The van der Waals surface area contributed by atoms with Gasteiger partial charge in [0.05, 0.1) is 4.92 Å². The summed E-state index contributed by atoms with van der Waals surface area (Å²) < 4.78 is 10.7. The van der Waals surface area contributed by atoms with Gasteiger partial charge in [0.15, 0.2) is 0 Å². The number of hydrogen-bond acceptors (Lipinski definition) is 3. The van der Waals surface area contributed by atoms with Gasteiger partial charge in [0, 0.05) is 12.1 Å². The number of nitro benzene ring substituents is 1. The van der Waals surface area contributed by atoms with E-state index in [4.69, 9.17) is 11.2 Å². The molecular weight excluding hydrogens is 200 g/mol. The van der Waals surface area contributed by atoms with E-state index in [1.165, 1.54) is 24.3 Å². The van der Waals surface area contributed by atoms with Crippen LogP contribution < -0.4 is 5.30 Å². The molecule has 0 saturated heterocycles. The fourth-order valence-electron chi connectivity index (χ4n) is 0.692. The summed E-state index contributed by atoms with van der Waals surface area (Å²) in [6, 6.07) is 5.30. The van der Waals surface area contributed by atoms with Crippen LogP contribution in [0.25, 0.3) is 0 Å². The molecule has 0 heterocycles. The molecule has 4 nitrogen and oxygen atoms in total. The lowest BCUT2D eigenvalue weighted by molar-refractivity contribution is -0.384. The smallest absolute Gasteiger partial charge is 0.258 e. The van der Waals surface area contributed by atoms with E-state index < -0.39 is 12.1 Å². The molecule has 0 saturated carbocycles. The van der Waals surface area contributed by atoms with Crippen LogP contribution in [-0.2, 0) is 4.57 Å². The molecule has 62 valence electrons. The first-order chi connectivity index (χ1) is 5.61. The van der Waals surface area contributed by atoms with Gasteiger partial charge >= 0.3 is 7.15 Å². The van der Waals surface area contributed by atoms with Crippen LogP contribution in [0.5, 0.6) is 0 Å². The summed E-state index contributed by atoms with van der Waals surface area (Å²) in [6.45, 7) is 0. The molecule has 0 fully saturated rings. The van der Waals surface area contributed by atoms with Gasteiger partial charge in [-0.15, -0.1) is 0 Å². The minimum atomic E-state index is -1.93. The van der Waals surface area contributed by atoms with Crippen molar-refractivity contribution in [2.24, 2.45) is 0 Å². The van der Waals surface area contributed by atoms with E-state index in [0.717, 1.165) is 0 Å². The number of nitro groups is 1. The van der Waals surface area contributed by atoms with Crippen LogP contribution in [0.1, 0.15) is 0 Å². The average Bonchev–Trinajstić information content (AvgIpc) is 2.04. The van der Waals surface area contributed by atoms with Gasteiger partial charge in [0.1, 0.15) is 0 Å². The van der Waals surface area contributed by atoms with Gasteiger partial charge in [-0.05, 0) is 16.7 Å². The predicted molar refractivity (Wildman–Crippen MR) is 46.2 cm³/mol. The Bertz CT molecular complexity index is 291. The third-order valence-corrected chi connectivity index (χ3v) is 2.55. The molecule has 0 aliphatic carbocycles. The molecule has 0 aliphatic rings. The van der Waals surface area contributed by atoms with Crippen LogP contribution in [0, 0.1) is 10.1 Å². The van der Waals surface area contributed by atoms with E-state index >= 15 is 0 Å². The van der Waals surface area contributed by atoms with Crippen molar-refractivity contribution >= 4 is 29.4 Å². The van der Waals surface area contributed by atoms with Crippen LogP contribution in [0.2, 0.25) is 0 Å². The molecule has 1 aromatic carbocycles. The number of nitrogens with zero attached hydrogens (tertiary/aromatic N) is 1. The second-order valence-corrected chi connectivity index (χ2v) is 3.95. The van der Waals surface area contributed by atoms with Crippen molar-refractivity contribution in [1.82, 2.24) is 0 Å². The molecule has 0 bridgehead atoms. The number of benzene rings is 1. The zero-order valence-electron chi connectivity index (χ0n) is 5.81. The van der Waals surface area contributed by atoms with E-state index in [-0.39, 0.29) is 5.69 Å². The summed E-state index contributed by atoms with van der Waals surface area (Å²) in [5.74, 6) is 0. The number of hydrogen-bond donors (Lipinski definition) is 0. The molecule has 0 spiro atoms. The van der Waals surface area contributed by atoms with Gasteiger partial charge in [-0.3, -0.25) is 10.1 Å². The standard InChI is InChI=1S/C6H4ClNO3P/c7-12(11)6-3-1-5(2-4-6)8(9)10/h1-4H/q+1. The number of rotatable bonds is 2. The second-order valence-electron chi connectivity index (χ2n) is 2.02. The molecule has 0 aromatic heterocycles. The molecule has 0 aliphatic heterocycles. The zero-order chi connectivity index (χ0) is 9.14. The third-order valence-electron chi connectivity index (χ3n) is 1.26. The van der Waals surface area contributed by atoms with E-state index in [9.17, 15) is 14.7 Å². The summed E-state index contributed by atoms with van der Waals surface area (Å²) in [6.07, 6.45) is 0. The normalized spacial score (nSPS) is 10.9. The molecular formula is C6H4ClNO3P+. The minimum absolute atomic E-state index is 0.0349. The molecule has 0 radical (unpaired) electrons. The topological polar surface area (TPSA) is 60.2 Å². The first-order valence-electron chi connectivity index (χ1n) is 2.99. The highest BCUT2D eigenvalue weighted by Gasteiger charge is 2.17. The monoisotopic (exact) mass is 204 g/mol. The third kappa shape index (κ3) is 2.00. The largest absolute Gasteiger partial charge is 0.494 e. The summed E-state index contributed by atoms with van der Waals surface area (Å²) in [7, 11) is -1.93. The maximum Gasteiger partial charge on any atom is 0.494 e. The Kier molecular flexibility index (Phi) is 2.74. The van der Waals surface area contributed by atoms with Crippen molar-refractivity contribution in [3.05, 3.63) is 34.4 Å². The average molecular weight is 205 g/mol. The Morgan fingerprint density at radius 2 is 1.83 bits per heavy atom. The highest BCUT2D eigenvalue weighted by molar-refractivity contribution is 7.80. The van der Waals surface area contributed by atoms with Crippen LogP contribution in [0.3, 0.4) is 0 Å². The summed E-state index contributed by atoms with van der Waals surface area (Å²) in [4.78, 5) is 9.66. The lowest BCUT2D eigenvalue weighted by Gasteiger charge is -1.86. The maximum atomic E-state index is 10.7. The van der Waals surface area contributed by atoms with E-state index in [1.54, 1.807) is 0 Å². The van der Waals surface area contributed by atoms with Crippen molar-refractivity contribution in [3.63, 3.8) is 0 Å². The van der Waals surface area contributed by atoms with Crippen molar-refractivity contribution in [3.8, 4) is 0 Å². The summed E-state index contributed by atoms with van der Waals surface area (Å²) >= 11 is 5.27. The number of non-ortho nitro benzene ring substituents is 1. The highest BCUT2D eigenvalue weighted by atomic mass is 35.7. The molecule has 0 amide bonds. The van der Waals surface area contributed by atoms with Gasteiger partial charge in [0.2, 0.25) is 16.5 Å². The van der Waals surface area contributed by atoms with Crippen LogP contribution in [0.4, 0.5) is 5.69 Å². The molecule has 1 unspecified atom stereocenters. The predicted octanol–water partition coefficient (Wildman–Crippen LogP) is 2.20. The van der Waals surface area contributed by atoms with Crippen LogP contribution in [0.15, 0.2) is 24.3 Å². The maximum absolute atomic E-state index is 10.7. The Hall–Kier alpha value is -0.990. The lowest BCUT2D eigenvalue weighted by atomic mass is 10.3. The fraction of sp³-hybridized carbons (Fsp3) is 0. The molecule has 1 aromatic rings. The van der Waals surface area contributed by atoms with Gasteiger partial charge < -0.3 is 0 Å². The Morgan fingerprint density at radius 1 is 1.33 bits per heavy atom. The molecule has 6 heteroatoms. The molecule has 1 atom stereocenters. The minimum Gasteiger partial charge on any atom is -0.258 e. The second kappa shape index (κ2) is 3.61. The fourth-order valence-corrected chi connectivity index (χ4v) is 1.41. The van der Waals surface area contributed by atoms with Crippen LogP contribution in [-0.4, -0.2) is 4.92 Å². The van der Waals surface area contributed by atoms with Gasteiger partial charge in [-0.1, -0.05) is 0 Å². The van der Waals surface area contributed by atoms with E-state index in [1.807, 2.05) is 0 Å². The van der Waals surface area contributed by atoms with Crippen molar-refractivity contribution in [1.29, 1.82) is 0 Å². The van der Waals surface area contributed by atoms with Crippen molar-refractivity contribution in [2.75, 3.05) is 0 Å². The summed E-state index contributed by atoms with van der Waals surface area (Å²) in [5.41, 5.74) is -0.0349. The van der Waals surface area contributed by atoms with Crippen LogP contribution >= 0.6 is 18.4 Å². The highest BCUT2D eigenvalue weighted by Crippen LogP contribution is 2.25. The van der Waals surface area contributed by atoms with Gasteiger partial charge in [-0.2, -0.15) is 0 Å². The zero-order valence-corrected chi connectivity index (χ0v) is 7.46. The SMILES string of the molecule is O=[N+]([O-])c1ccc([P+](=O)Cl)cc1. The Morgan fingerprint density at radius 3 is 2.17 bits per heavy atom.